The van der Waals surface area contributed by atoms with Crippen LogP contribution in [0.15, 0.2) is 35.1 Å². The summed E-state index contributed by atoms with van der Waals surface area (Å²) in [5, 5.41) is 6.56. The highest BCUT2D eigenvalue weighted by Crippen LogP contribution is 2.19. The zero-order chi connectivity index (χ0) is 19.5. The van der Waals surface area contributed by atoms with Crippen LogP contribution >= 0.6 is 0 Å². The standard InChI is InChI=1S/C18H20FN3O4/c1-5-26-16(24)15-13(20-17(25)18(2,3)4)10-14(23)22(21-15)12-8-6-11(19)7-9-12/h6-10H,5H2,1-4H3,(H,20,25). The lowest BCUT2D eigenvalue weighted by Crippen LogP contribution is -2.31. The SMILES string of the molecule is CCOC(=O)c1nn(-c2ccc(F)cc2)c(=O)cc1NC(=O)C(C)(C)C. The summed E-state index contributed by atoms with van der Waals surface area (Å²) >= 11 is 0. The van der Waals surface area contributed by atoms with Crippen LogP contribution in [-0.4, -0.2) is 28.3 Å². The molecule has 0 unspecified atom stereocenters. The quantitative estimate of drug-likeness (QED) is 0.845. The maximum absolute atomic E-state index is 13.1. The molecule has 26 heavy (non-hydrogen) atoms. The minimum Gasteiger partial charge on any atom is -0.461 e. The van der Waals surface area contributed by atoms with Crippen molar-refractivity contribution in [1.82, 2.24) is 9.78 Å². The second-order valence-corrected chi connectivity index (χ2v) is 6.56. The van der Waals surface area contributed by atoms with Crippen LogP contribution in [-0.2, 0) is 9.53 Å². The molecule has 1 aromatic carbocycles. The predicted molar refractivity (Wildman–Crippen MR) is 93.8 cm³/mol. The molecule has 0 radical (unpaired) electrons. The highest BCUT2D eigenvalue weighted by molar-refractivity contribution is 6.01. The van der Waals surface area contributed by atoms with Gasteiger partial charge in [-0.05, 0) is 31.2 Å². The maximum atomic E-state index is 13.1. The van der Waals surface area contributed by atoms with Crippen LogP contribution in [0.1, 0.15) is 38.2 Å². The number of carbonyl (C=O) groups excluding carboxylic acids is 2. The Labute approximate surface area is 149 Å². The van der Waals surface area contributed by atoms with Gasteiger partial charge in [-0.1, -0.05) is 20.8 Å². The van der Waals surface area contributed by atoms with Crippen LogP contribution in [0.25, 0.3) is 5.69 Å². The molecule has 1 amide bonds. The van der Waals surface area contributed by atoms with Crippen molar-refractivity contribution in [2.45, 2.75) is 27.7 Å². The second-order valence-electron chi connectivity index (χ2n) is 6.56. The number of aromatic nitrogens is 2. The number of rotatable bonds is 4. The molecular formula is C18H20FN3O4. The van der Waals surface area contributed by atoms with Crippen molar-refractivity contribution in [3.8, 4) is 5.69 Å². The van der Waals surface area contributed by atoms with Crippen LogP contribution in [0.4, 0.5) is 10.1 Å². The lowest BCUT2D eigenvalue weighted by molar-refractivity contribution is -0.123. The van der Waals surface area contributed by atoms with Gasteiger partial charge in [0.2, 0.25) is 5.91 Å². The van der Waals surface area contributed by atoms with Gasteiger partial charge >= 0.3 is 5.97 Å². The molecule has 0 fully saturated rings. The second kappa shape index (κ2) is 7.47. The van der Waals surface area contributed by atoms with Crippen LogP contribution in [0, 0.1) is 11.2 Å². The first-order chi connectivity index (χ1) is 12.1. The zero-order valence-corrected chi connectivity index (χ0v) is 15.0. The number of hydrogen-bond acceptors (Lipinski definition) is 5. The maximum Gasteiger partial charge on any atom is 0.360 e. The number of halogens is 1. The van der Waals surface area contributed by atoms with Crippen molar-refractivity contribution >= 4 is 17.6 Å². The number of anilines is 1. The highest BCUT2D eigenvalue weighted by Gasteiger charge is 2.25. The van der Waals surface area contributed by atoms with Gasteiger partial charge in [0, 0.05) is 11.5 Å². The number of benzene rings is 1. The van der Waals surface area contributed by atoms with Gasteiger partial charge in [-0.2, -0.15) is 9.78 Å². The van der Waals surface area contributed by atoms with E-state index in [9.17, 15) is 18.8 Å². The highest BCUT2D eigenvalue weighted by atomic mass is 19.1. The monoisotopic (exact) mass is 361 g/mol. The third-order valence-electron chi connectivity index (χ3n) is 3.40. The molecule has 0 aliphatic rings. The largest absolute Gasteiger partial charge is 0.461 e. The van der Waals surface area contributed by atoms with Gasteiger partial charge in [0.05, 0.1) is 18.0 Å². The van der Waals surface area contributed by atoms with Crippen molar-refractivity contribution in [2.75, 3.05) is 11.9 Å². The number of carbonyl (C=O) groups is 2. The molecule has 0 saturated carbocycles. The van der Waals surface area contributed by atoms with E-state index >= 15 is 0 Å². The van der Waals surface area contributed by atoms with Gasteiger partial charge in [-0.25, -0.2) is 9.18 Å². The summed E-state index contributed by atoms with van der Waals surface area (Å²) in [4.78, 5) is 36.9. The Kier molecular flexibility index (Phi) is 5.54. The molecule has 2 aromatic rings. The molecule has 0 bridgehead atoms. The summed E-state index contributed by atoms with van der Waals surface area (Å²) in [6.45, 7) is 6.81. The molecule has 0 atom stereocenters. The van der Waals surface area contributed by atoms with E-state index < -0.39 is 22.8 Å². The first-order valence-electron chi connectivity index (χ1n) is 8.02. The Bertz CT molecular complexity index is 883. The molecule has 1 N–H and O–H groups in total. The first-order valence-corrected chi connectivity index (χ1v) is 8.02. The molecular weight excluding hydrogens is 341 g/mol. The Morgan fingerprint density at radius 3 is 2.38 bits per heavy atom. The fourth-order valence-electron chi connectivity index (χ4n) is 1.98. The third-order valence-corrected chi connectivity index (χ3v) is 3.40. The lowest BCUT2D eigenvalue weighted by atomic mass is 9.95. The van der Waals surface area contributed by atoms with E-state index in [1.165, 1.54) is 24.3 Å². The van der Waals surface area contributed by atoms with Gasteiger partial charge in [0.1, 0.15) is 5.82 Å². The summed E-state index contributed by atoms with van der Waals surface area (Å²) < 4.78 is 19.0. The van der Waals surface area contributed by atoms with Crippen LogP contribution < -0.4 is 10.9 Å². The number of amides is 1. The summed E-state index contributed by atoms with van der Waals surface area (Å²) in [5.74, 6) is -1.64. The van der Waals surface area contributed by atoms with E-state index in [-0.39, 0.29) is 29.6 Å². The molecule has 0 saturated heterocycles. The molecule has 2 rings (SSSR count). The van der Waals surface area contributed by atoms with E-state index in [0.29, 0.717) is 0 Å². The summed E-state index contributed by atoms with van der Waals surface area (Å²) in [7, 11) is 0. The van der Waals surface area contributed by atoms with Crippen LogP contribution in [0.5, 0.6) is 0 Å². The fourth-order valence-corrected chi connectivity index (χ4v) is 1.98. The Morgan fingerprint density at radius 1 is 1.23 bits per heavy atom. The molecule has 1 heterocycles. The van der Waals surface area contributed by atoms with Gasteiger partial charge in [-0.3, -0.25) is 9.59 Å². The molecule has 0 aliphatic heterocycles. The van der Waals surface area contributed by atoms with E-state index in [1.807, 2.05) is 0 Å². The van der Waals surface area contributed by atoms with E-state index in [0.717, 1.165) is 10.7 Å². The smallest absolute Gasteiger partial charge is 0.360 e. The molecule has 138 valence electrons. The average molecular weight is 361 g/mol. The fraction of sp³-hybridized carbons (Fsp3) is 0.333. The molecule has 8 heteroatoms. The average Bonchev–Trinajstić information content (AvgIpc) is 2.55. The Hall–Kier alpha value is -3.03. The summed E-state index contributed by atoms with van der Waals surface area (Å²) in [6.07, 6.45) is 0. The number of hydrogen-bond donors (Lipinski definition) is 1. The molecule has 0 aliphatic carbocycles. The van der Waals surface area contributed by atoms with Crippen LogP contribution in [0.2, 0.25) is 0 Å². The third kappa shape index (κ3) is 4.33. The number of nitrogens with one attached hydrogen (secondary N) is 1. The Balaban J connectivity index is 2.56. The van der Waals surface area contributed by atoms with Crippen molar-refractivity contribution in [3.63, 3.8) is 0 Å². The molecule has 0 spiro atoms. The van der Waals surface area contributed by atoms with Gasteiger partial charge in [0.25, 0.3) is 5.56 Å². The Morgan fingerprint density at radius 2 is 1.85 bits per heavy atom. The summed E-state index contributed by atoms with van der Waals surface area (Å²) in [6, 6.07) is 6.13. The number of ether oxygens (including phenoxy) is 1. The molecule has 7 nitrogen and oxygen atoms in total. The lowest BCUT2D eigenvalue weighted by Gasteiger charge is -2.19. The van der Waals surface area contributed by atoms with E-state index in [2.05, 4.69) is 10.4 Å². The minimum absolute atomic E-state index is 0.0354. The molecule has 1 aromatic heterocycles. The first kappa shape index (κ1) is 19.3. The predicted octanol–water partition coefficient (Wildman–Crippen LogP) is 2.53. The topological polar surface area (TPSA) is 90.3 Å². The van der Waals surface area contributed by atoms with Crippen LogP contribution in [0.3, 0.4) is 0 Å². The summed E-state index contributed by atoms with van der Waals surface area (Å²) in [5.41, 5.74) is -1.30. The van der Waals surface area contributed by atoms with Crippen molar-refractivity contribution in [3.05, 3.63) is 52.2 Å². The van der Waals surface area contributed by atoms with Gasteiger partial charge < -0.3 is 10.1 Å². The van der Waals surface area contributed by atoms with Gasteiger partial charge in [0.15, 0.2) is 5.69 Å². The normalized spacial score (nSPS) is 11.1. The van der Waals surface area contributed by atoms with Crippen molar-refractivity contribution in [1.29, 1.82) is 0 Å². The van der Waals surface area contributed by atoms with Crippen molar-refractivity contribution in [2.24, 2.45) is 5.41 Å². The van der Waals surface area contributed by atoms with Crippen molar-refractivity contribution < 1.29 is 18.7 Å². The van der Waals surface area contributed by atoms with Gasteiger partial charge in [-0.15, -0.1) is 0 Å². The number of nitrogens with zero attached hydrogens (tertiary/aromatic N) is 2. The van der Waals surface area contributed by atoms with E-state index in [4.69, 9.17) is 4.74 Å². The number of esters is 1. The zero-order valence-electron chi connectivity index (χ0n) is 15.0. The van der Waals surface area contributed by atoms with E-state index in [1.54, 1.807) is 27.7 Å². The minimum atomic E-state index is -0.785.